The molecule has 1 N–H and O–H groups in total. The number of thiocarbonyl (C=S) groups is 1. The Labute approximate surface area is 135 Å². The lowest BCUT2D eigenvalue weighted by Crippen LogP contribution is -2.11. The van der Waals surface area contributed by atoms with E-state index in [0.29, 0.717) is 10.6 Å². The highest BCUT2D eigenvalue weighted by atomic mass is 32.1. The number of rotatable bonds is 5. The Hall–Kier alpha value is -2.25. The SMILES string of the molecule is CCCCc1ccc(NC(=S)c2ccc(C#N)c(F)c2)cc1. The maximum Gasteiger partial charge on any atom is 0.141 e. The van der Waals surface area contributed by atoms with E-state index in [2.05, 4.69) is 24.4 Å². The van der Waals surface area contributed by atoms with Crippen LogP contribution in [0.2, 0.25) is 0 Å². The highest BCUT2D eigenvalue weighted by Crippen LogP contribution is 2.15. The molecule has 2 rings (SSSR count). The number of halogens is 1. The molecule has 0 aliphatic heterocycles. The van der Waals surface area contributed by atoms with E-state index in [9.17, 15) is 4.39 Å². The number of unbranched alkanes of at least 4 members (excludes halogenated alkanes) is 1. The highest BCUT2D eigenvalue weighted by molar-refractivity contribution is 7.81. The summed E-state index contributed by atoms with van der Waals surface area (Å²) in [7, 11) is 0. The van der Waals surface area contributed by atoms with Gasteiger partial charge in [-0.15, -0.1) is 0 Å². The molecule has 0 aromatic heterocycles. The van der Waals surface area contributed by atoms with Gasteiger partial charge < -0.3 is 5.32 Å². The predicted molar refractivity (Wildman–Crippen MR) is 91.5 cm³/mol. The van der Waals surface area contributed by atoms with Gasteiger partial charge in [-0.1, -0.05) is 43.8 Å². The second-order valence-corrected chi connectivity index (χ2v) is 5.47. The molecular formula is C18H17FN2S. The molecule has 2 aromatic rings. The van der Waals surface area contributed by atoms with Gasteiger partial charge in [0.1, 0.15) is 16.9 Å². The molecule has 2 aromatic carbocycles. The second kappa shape index (κ2) is 7.67. The predicted octanol–water partition coefficient (Wildman–Crippen LogP) is 4.83. The quantitative estimate of drug-likeness (QED) is 0.803. The summed E-state index contributed by atoms with van der Waals surface area (Å²) in [6, 6.07) is 14.2. The molecule has 2 nitrogen and oxygen atoms in total. The van der Waals surface area contributed by atoms with Crippen LogP contribution in [0.4, 0.5) is 10.1 Å². The second-order valence-electron chi connectivity index (χ2n) is 5.06. The van der Waals surface area contributed by atoms with Crippen LogP contribution in [0.15, 0.2) is 42.5 Å². The average molecular weight is 312 g/mol. The van der Waals surface area contributed by atoms with Crippen LogP contribution in [0.3, 0.4) is 0 Å². The Bertz CT molecular complexity index is 702. The molecule has 0 saturated heterocycles. The number of aryl methyl sites for hydroxylation is 1. The molecule has 0 fully saturated rings. The van der Waals surface area contributed by atoms with Gasteiger partial charge in [-0.3, -0.25) is 0 Å². The minimum atomic E-state index is -0.556. The van der Waals surface area contributed by atoms with Gasteiger partial charge >= 0.3 is 0 Å². The lowest BCUT2D eigenvalue weighted by molar-refractivity contribution is 0.623. The highest BCUT2D eigenvalue weighted by Gasteiger charge is 2.07. The third-order valence-electron chi connectivity index (χ3n) is 3.38. The molecule has 0 atom stereocenters. The first-order chi connectivity index (χ1) is 10.6. The van der Waals surface area contributed by atoms with Crippen LogP contribution in [-0.4, -0.2) is 4.99 Å². The molecule has 0 heterocycles. The van der Waals surface area contributed by atoms with Crippen LogP contribution in [-0.2, 0) is 6.42 Å². The number of hydrogen-bond donors (Lipinski definition) is 1. The van der Waals surface area contributed by atoms with Gasteiger partial charge in [-0.2, -0.15) is 5.26 Å². The van der Waals surface area contributed by atoms with Crippen molar-refractivity contribution in [1.82, 2.24) is 0 Å². The van der Waals surface area contributed by atoms with Crippen LogP contribution >= 0.6 is 12.2 Å². The van der Waals surface area contributed by atoms with Crippen molar-refractivity contribution in [2.45, 2.75) is 26.2 Å². The van der Waals surface area contributed by atoms with E-state index in [4.69, 9.17) is 17.5 Å². The third kappa shape index (κ3) is 4.12. The number of nitriles is 1. The molecule has 0 bridgehead atoms. The van der Waals surface area contributed by atoms with Crippen molar-refractivity contribution in [1.29, 1.82) is 5.26 Å². The normalized spacial score (nSPS) is 10.0. The number of nitrogens with one attached hydrogen (secondary N) is 1. The number of benzene rings is 2. The number of hydrogen-bond acceptors (Lipinski definition) is 2. The summed E-state index contributed by atoms with van der Waals surface area (Å²) < 4.78 is 13.6. The third-order valence-corrected chi connectivity index (χ3v) is 3.72. The van der Waals surface area contributed by atoms with Crippen molar-refractivity contribution >= 4 is 22.9 Å². The van der Waals surface area contributed by atoms with Crippen molar-refractivity contribution < 1.29 is 4.39 Å². The van der Waals surface area contributed by atoms with E-state index >= 15 is 0 Å². The fourth-order valence-corrected chi connectivity index (χ4v) is 2.33. The van der Waals surface area contributed by atoms with Gasteiger partial charge in [0.25, 0.3) is 0 Å². The van der Waals surface area contributed by atoms with Crippen LogP contribution in [0.5, 0.6) is 0 Å². The monoisotopic (exact) mass is 312 g/mol. The summed E-state index contributed by atoms with van der Waals surface area (Å²) in [5.41, 5.74) is 2.74. The van der Waals surface area contributed by atoms with Crippen LogP contribution < -0.4 is 5.32 Å². The van der Waals surface area contributed by atoms with Crippen molar-refractivity contribution in [3.63, 3.8) is 0 Å². The van der Waals surface area contributed by atoms with E-state index in [1.165, 1.54) is 30.5 Å². The average Bonchev–Trinajstić information content (AvgIpc) is 2.54. The number of nitrogens with zero attached hydrogens (tertiary/aromatic N) is 1. The minimum absolute atomic E-state index is 0.0202. The summed E-state index contributed by atoms with van der Waals surface area (Å²) in [5.74, 6) is -0.556. The Morgan fingerprint density at radius 1 is 1.23 bits per heavy atom. The molecule has 0 radical (unpaired) electrons. The summed E-state index contributed by atoms with van der Waals surface area (Å²) >= 11 is 5.28. The summed E-state index contributed by atoms with van der Waals surface area (Å²) in [4.78, 5) is 0.435. The molecule has 0 aliphatic carbocycles. The molecule has 0 aliphatic rings. The fourth-order valence-electron chi connectivity index (χ4n) is 2.09. The van der Waals surface area contributed by atoms with E-state index in [1.54, 1.807) is 12.1 Å². The van der Waals surface area contributed by atoms with E-state index in [-0.39, 0.29) is 5.56 Å². The topological polar surface area (TPSA) is 35.8 Å². The lowest BCUT2D eigenvalue weighted by Gasteiger charge is -2.09. The zero-order valence-corrected chi connectivity index (χ0v) is 13.2. The zero-order chi connectivity index (χ0) is 15.9. The Morgan fingerprint density at radius 3 is 2.55 bits per heavy atom. The Kier molecular flexibility index (Phi) is 5.62. The van der Waals surface area contributed by atoms with Gasteiger partial charge in [0.2, 0.25) is 0 Å². The molecular weight excluding hydrogens is 295 g/mol. The summed E-state index contributed by atoms with van der Waals surface area (Å²) in [5, 5.41) is 11.8. The molecule has 0 saturated carbocycles. The molecule has 0 unspecified atom stereocenters. The number of anilines is 1. The molecule has 4 heteroatoms. The first-order valence-corrected chi connectivity index (χ1v) is 7.65. The largest absolute Gasteiger partial charge is 0.346 e. The molecule has 112 valence electrons. The van der Waals surface area contributed by atoms with Gasteiger partial charge in [-0.05, 0) is 42.7 Å². The first-order valence-electron chi connectivity index (χ1n) is 7.24. The van der Waals surface area contributed by atoms with Gasteiger partial charge in [0, 0.05) is 11.3 Å². The maximum atomic E-state index is 13.6. The van der Waals surface area contributed by atoms with Crippen molar-refractivity contribution in [3.8, 4) is 6.07 Å². The fraction of sp³-hybridized carbons (Fsp3) is 0.222. The van der Waals surface area contributed by atoms with Crippen LogP contribution in [0, 0.1) is 17.1 Å². The lowest BCUT2D eigenvalue weighted by atomic mass is 10.1. The smallest absolute Gasteiger partial charge is 0.141 e. The Balaban J connectivity index is 2.05. The summed E-state index contributed by atoms with van der Waals surface area (Å²) in [6.45, 7) is 2.17. The van der Waals surface area contributed by atoms with Gasteiger partial charge in [0.05, 0.1) is 5.56 Å². The van der Waals surface area contributed by atoms with Crippen LogP contribution in [0.25, 0.3) is 0 Å². The van der Waals surface area contributed by atoms with Gasteiger partial charge in [0.15, 0.2) is 0 Å². The van der Waals surface area contributed by atoms with E-state index in [0.717, 1.165) is 12.1 Å². The molecule has 0 spiro atoms. The van der Waals surface area contributed by atoms with E-state index in [1.807, 2.05) is 12.1 Å². The van der Waals surface area contributed by atoms with Crippen LogP contribution in [0.1, 0.15) is 36.5 Å². The van der Waals surface area contributed by atoms with E-state index < -0.39 is 5.82 Å². The summed E-state index contributed by atoms with van der Waals surface area (Å²) in [6.07, 6.45) is 3.42. The van der Waals surface area contributed by atoms with Crippen molar-refractivity contribution in [3.05, 3.63) is 65.0 Å². The Morgan fingerprint density at radius 2 is 1.95 bits per heavy atom. The molecule has 0 amide bonds. The standard InChI is InChI=1S/C18H17FN2S/c1-2-3-4-13-5-9-16(10-6-13)21-18(22)14-7-8-15(12-20)17(19)11-14/h5-11H,2-4H2,1H3,(H,21,22). The minimum Gasteiger partial charge on any atom is -0.346 e. The van der Waals surface area contributed by atoms with Gasteiger partial charge in [-0.25, -0.2) is 4.39 Å². The molecule has 22 heavy (non-hydrogen) atoms. The first kappa shape index (κ1) is 16.1. The zero-order valence-electron chi connectivity index (χ0n) is 12.4. The van der Waals surface area contributed by atoms with Crippen molar-refractivity contribution in [2.75, 3.05) is 5.32 Å². The van der Waals surface area contributed by atoms with Crippen molar-refractivity contribution in [2.24, 2.45) is 0 Å². The maximum absolute atomic E-state index is 13.6.